The fraction of sp³-hybridized carbons (Fsp3) is 0.0769. The normalized spacial score (nSPS) is 10.4. The lowest BCUT2D eigenvalue weighted by molar-refractivity contribution is 0.587. The molecule has 0 saturated carbocycles. The Morgan fingerprint density at radius 2 is 1.83 bits per heavy atom. The van der Waals surface area contributed by atoms with Crippen LogP contribution in [-0.2, 0) is 0 Å². The Labute approximate surface area is 112 Å². The first-order chi connectivity index (χ1) is 8.47. The van der Waals surface area contributed by atoms with Crippen LogP contribution in [0.1, 0.15) is 5.56 Å². The van der Waals surface area contributed by atoms with Gasteiger partial charge in [0, 0.05) is 10.5 Å². The van der Waals surface area contributed by atoms with E-state index >= 15 is 0 Å². The van der Waals surface area contributed by atoms with E-state index in [1.807, 2.05) is 25.1 Å². The number of anilines is 3. The minimum Gasteiger partial charge on any atom is -0.395 e. The van der Waals surface area contributed by atoms with E-state index < -0.39 is 11.6 Å². The largest absolute Gasteiger partial charge is 0.395 e. The maximum Gasteiger partial charge on any atom is 0.151 e. The van der Waals surface area contributed by atoms with Crippen molar-refractivity contribution < 1.29 is 8.78 Å². The Kier molecular flexibility index (Phi) is 3.52. The molecule has 94 valence electrons. The monoisotopic (exact) mass is 312 g/mol. The lowest BCUT2D eigenvalue weighted by Gasteiger charge is -2.12. The van der Waals surface area contributed by atoms with Crippen molar-refractivity contribution in [2.75, 3.05) is 11.1 Å². The van der Waals surface area contributed by atoms with Gasteiger partial charge in [-0.3, -0.25) is 0 Å². The lowest BCUT2D eigenvalue weighted by atomic mass is 10.2. The molecule has 3 N–H and O–H groups in total. The molecule has 2 aromatic rings. The molecule has 2 nitrogen and oxygen atoms in total. The van der Waals surface area contributed by atoms with E-state index in [1.165, 1.54) is 0 Å². The average Bonchev–Trinajstić information content (AvgIpc) is 2.30. The van der Waals surface area contributed by atoms with Gasteiger partial charge in [0.1, 0.15) is 5.82 Å². The predicted molar refractivity (Wildman–Crippen MR) is 72.9 cm³/mol. The van der Waals surface area contributed by atoms with Crippen LogP contribution in [0.2, 0.25) is 0 Å². The fourth-order valence-electron chi connectivity index (χ4n) is 1.57. The number of halogens is 3. The second-order valence-corrected chi connectivity index (χ2v) is 4.81. The third-order valence-electron chi connectivity index (χ3n) is 2.49. The Hall–Kier alpha value is -1.62. The molecule has 0 radical (unpaired) electrons. The molecule has 0 unspecified atom stereocenters. The highest BCUT2D eigenvalue weighted by Gasteiger charge is 2.09. The predicted octanol–water partition coefficient (Wildman–Crippen LogP) is 4.36. The SMILES string of the molecule is Cc1ccc(Br)c(Nc2cc(F)cc(F)c2N)c1. The molecule has 2 rings (SSSR count). The molecular formula is C13H11BrF2N2. The van der Waals surface area contributed by atoms with E-state index in [1.54, 1.807) is 0 Å². The van der Waals surface area contributed by atoms with Gasteiger partial charge >= 0.3 is 0 Å². The molecule has 0 spiro atoms. The minimum atomic E-state index is -0.777. The summed E-state index contributed by atoms with van der Waals surface area (Å²) < 4.78 is 27.2. The van der Waals surface area contributed by atoms with Gasteiger partial charge in [0.2, 0.25) is 0 Å². The fourth-order valence-corrected chi connectivity index (χ4v) is 1.91. The van der Waals surface area contributed by atoms with Crippen molar-refractivity contribution in [2.45, 2.75) is 6.92 Å². The number of rotatable bonds is 2. The van der Waals surface area contributed by atoms with Crippen LogP contribution in [0.5, 0.6) is 0 Å². The van der Waals surface area contributed by atoms with Gasteiger partial charge in [0.05, 0.1) is 17.1 Å². The molecule has 0 bridgehead atoms. The summed E-state index contributed by atoms with van der Waals surface area (Å²) in [6, 6.07) is 7.54. The maximum absolute atomic E-state index is 13.3. The summed E-state index contributed by atoms with van der Waals surface area (Å²) in [5, 5.41) is 2.91. The van der Waals surface area contributed by atoms with Crippen molar-refractivity contribution in [2.24, 2.45) is 0 Å². The molecule has 0 heterocycles. The third kappa shape index (κ3) is 2.61. The number of nitrogens with two attached hydrogens (primary N) is 1. The lowest BCUT2D eigenvalue weighted by Crippen LogP contribution is -2.01. The van der Waals surface area contributed by atoms with Crippen molar-refractivity contribution >= 4 is 33.0 Å². The van der Waals surface area contributed by atoms with Crippen molar-refractivity contribution in [3.63, 3.8) is 0 Å². The molecule has 2 aromatic carbocycles. The zero-order chi connectivity index (χ0) is 13.3. The van der Waals surface area contributed by atoms with Crippen molar-refractivity contribution in [3.8, 4) is 0 Å². The highest BCUT2D eigenvalue weighted by Crippen LogP contribution is 2.31. The topological polar surface area (TPSA) is 38.0 Å². The maximum atomic E-state index is 13.3. The van der Waals surface area contributed by atoms with Gasteiger partial charge in [-0.1, -0.05) is 6.07 Å². The van der Waals surface area contributed by atoms with Gasteiger partial charge in [0.25, 0.3) is 0 Å². The highest BCUT2D eigenvalue weighted by atomic mass is 79.9. The Morgan fingerprint density at radius 3 is 2.56 bits per heavy atom. The van der Waals surface area contributed by atoms with Gasteiger partial charge in [-0.05, 0) is 46.6 Å². The summed E-state index contributed by atoms with van der Waals surface area (Å²) in [5.74, 6) is -1.45. The first-order valence-corrected chi connectivity index (χ1v) is 6.04. The quantitative estimate of drug-likeness (QED) is 0.808. The molecule has 0 fully saturated rings. The van der Waals surface area contributed by atoms with E-state index in [9.17, 15) is 8.78 Å². The molecular weight excluding hydrogens is 302 g/mol. The van der Waals surface area contributed by atoms with Crippen LogP contribution >= 0.6 is 15.9 Å². The first-order valence-electron chi connectivity index (χ1n) is 5.25. The van der Waals surface area contributed by atoms with Crippen LogP contribution in [0.25, 0.3) is 0 Å². The van der Waals surface area contributed by atoms with E-state index in [-0.39, 0.29) is 11.4 Å². The molecule has 0 atom stereocenters. The molecule has 0 aliphatic rings. The Morgan fingerprint density at radius 1 is 1.11 bits per heavy atom. The summed E-state index contributed by atoms with van der Waals surface area (Å²) in [6.07, 6.45) is 0. The molecule has 0 aromatic heterocycles. The molecule has 0 saturated heterocycles. The van der Waals surface area contributed by atoms with Gasteiger partial charge in [0.15, 0.2) is 5.82 Å². The van der Waals surface area contributed by atoms with Gasteiger partial charge in [-0.25, -0.2) is 8.78 Å². The first kappa shape index (κ1) is 12.8. The highest BCUT2D eigenvalue weighted by molar-refractivity contribution is 9.10. The Balaban J connectivity index is 2.43. The number of hydrogen-bond donors (Lipinski definition) is 2. The summed E-state index contributed by atoms with van der Waals surface area (Å²) in [5.41, 5.74) is 7.39. The van der Waals surface area contributed by atoms with Crippen LogP contribution in [0.15, 0.2) is 34.8 Å². The third-order valence-corrected chi connectivity index (χ3v) is 3.18. The number of aryl methyl sites for hydroxylation is 1. The van der Waals surface area contributed by atoms with Crippen LogP contribution in [0.4, 0.5) is 25.8 Å². The second kappa shape index (κ2) is 4.94. The van der Waals surface area contributed by atoms with Gasteiger partial charge in [-0.15, -0.1) is 0 Å². The standard InChI is InChI=1S/C13H11BrF2N2/c1-7-2-3-9(14)11(4-7)18-12-6-8(15)5-10(16)13(12)17/h2-6,18H,17H2,1H3. The van der Waals surface area contributed by atoms with Crippen molar-refractivity contribution in [1.82, 2.24) is 0 Å². The van der Waals surface area contributed by atoms with Crippen LogP contribution in [-0.4, -0.2) is 0 Å². The van der Waals surface area contributed by atoms with Gasteiger partial charge < -0.3 is 11.1 Å². The van der Waals surface area contributed by atoms with Crippen LogP contribution in [0.3, 0.4) is 0 Å². The zero-order valence-corrected chi connectivity index (χ0v) is 11.2. The molecule has 18 heavy (non-hydrogen) atoms. The van der Waals surface area contributed by atoms with E-state index in [0.29, 0.717) is 5.69 Å². The molecule has 0 aliphatic heterocycles. The number of nitrogens with one attached hydrogen (secondary N) is 1. The summed E-state index contributed by atoms with van der Waals surface area (Å²) in [7, 11) is 0. The van der Waals surface area contributed by atoms with Crippen molar-refractivity contribution in [1.29, 1.82) is 0 Å². The summed E-state index contributed by atoms with van der Waals surface area (Å²) >= 11 is 3.36. The average molecular weight is 313 g/mol. The summed E-state index contributed by atoms with van der Waals surface area (Å²) in [4.78, 5) is 0. The van der Waals surface area contributed by atoms with E-state index in [2.05, 4.69) is 21.2 Å². The number of hydrogen-bond acceptors (Lipinski definition) is 2. The second-order valence-electron chi connectivity index (χ2n) is 3.96. The minimum absolute atomic E-state index is 0.107. The number of nitrogen functional groups attached to an aromatic ring is 1. The Bertz CT molecular complexity index is 600. The zero-order valence-electron chi connectivity index (χ0n) is 9.60. The smallest absolute Gasteiger partial charge is 0.151 e. The van der Waals surface area contributed by atoms with Crippen molar-refractivity contribution in [3.05, 3.63) is 52.0 Å². The van der Waals surface area contributed by atoms with Gasteiger partial charge in [-0.2, -0.15) is 0 Å². The summed E-state index contributed by atoms with van der Waals surface area (Å²) in [6.45, 7) is 1.92. The van der Waals surface area contributed by atoms with Crippen LogP contribution < -0.4 is 11.1 Å². The number of benzene rings is 2. The van der Waals surface area contributed by atoms with E-state index in [4.69, 9.17) is 5.73 Å². The van der Waals surface area contributed by atoms with Crippen LogP contribution in [0, 0.1) is 18.6 Å². The van der Waals surface area contributed by atoms with E-state index in [0.717, 1.165) is 22.2 Å². The molecule has 0 aliphatic carbocycles. The molecule has 0 amide bonds. The molecule has 5 heteroatoms.